The van der Waals surface area contributed by atoms with E-state index in [0.29, 0.717) is 32.7 Å². The third-order valence-corrected chi connectivity index (χ3v) is 6.66. The zero-order chi connectivity index (χ0) is 21.8. The van der Waals surface area contributed by atoms with Crippen LogP contribution in [0, 0.1) is 10.1 Å². The fourth-order valence-corrected chi connectivity index (χ4v) is 4.95. The molecule has 4 rings (SSSR count). The van der Waals surface area contributed by atoms with Crippen LogP contribution in [-0.2, 0) is 9.59 Å². The average molecular weight is 441 g/mol. The third-order valence-electron chi connectivity index (χ3n) is 5.62. The molecule has 1 fully saturated rings. The van der Waals surface area contributed by atoms with Gasteiger partial charge in [-0.25, -0.2) is 0 Å². The molecule has 0 atom stereocenters. The van der Waals surface area contributed by atoms with E-state index >= 15 is 0 Å². The summed E-state index contributed by atoms with van der Waals surface area (Å²) >= 11 is 1.75. The van der Waals surface area contributed by atoms with Gasteiger partial charge in [0.1, 0.15) is 0 Å². The lowest BCUT2D eigenvalue weighted by molar-refractivity contribution is -0.384. The summed E-state index contributed by atoms with van der Waals surface area (Å²) in [6, 6.07) is 14.4. The van der Waals surface area contributed by atoms with Crippen LogP contribution < -0.4 is 9.80 Å². The number of rotatable bonds is 5. The van der Waals surface area contributed by atoms with Gasteiger partial charge in [-0.15, -0.1) is 11.8 Å². The molecule has 9 heteroatoms. The summed E-state index contributed by atoms with van der Waals surface area (Å²) in [5.74, 6) is 0.819. The van der Waals surface area contributed by atoms with Crippen molar-refractivity contribution >= 4 is 40.6 Å². The van der Waals surface area contributed by atoms with Crippen LogP contribution >= 0.6 is 11.8 Å². The molecule has 8 nitrogen and oxygen atoms in total. The van der Waals surface area contributed by atoms with Gasteiger partial charge in [0.2, 0.25) is 11.8 Å². The molecule has 2 heterocycles. The Morgan fingerprint density at radius 1 is 0.935 bits per heavy atom. The van der Waals surface area contributed by atoms with E-state index in [-0.39, 0.29) is 30.3 Å². The van der Waals surface area contributed by atoms with E-state index < -0.39 is 4.92 Å². The SMILES string of the molecule is O=C(CCC(=O)N1CCSc2ccccc21)N1CCN(c2cccc([N+](=O)[O-])c2)CC1. The highest BCUT2D eigenvalue weighted by Crippen LogP contribution is 2.34. The summed E-state index contributed by atoms with van der Waals surface area (Å²) in [4.78, 5) is 42.7. The Hall–Kier alpha value is -3.07. The summed E-state index contributed by atoms with van der Waals surface area (Å²) in [6.45, 7) is 2.96. The fourth-order valence-electron chi connectivity index (χ4n) is 3.95. The van der Waals surface area contributed by atoms with E-state index in [1.165, 1.54) is 6.07 Å². The Bertz CT molecular complexity index is 991. The Morgan fingerprint density at radius 3 is 2.45 bits per heavy atom. The van der Waals surface area contributed by atoms with Crippen molar-refractivity contribution in [2.24, 2.45) is 0 Å². The molecule has 2 aromatic rings. The molecule has 2 aliphatic rings. The monoisotopic (exact) mass is 440 g/mol. The minimum atomic E-state index is -0.403. The van der Waals surface area contributed by atoms with Gasteiger partial charge in [-0.2, -0.15) is 0 Å². The molecule has 0 saturated carbocycles. The van der Waals surface area contributed by atoms with Gasteiger partial charge in [0.25, 0.3) is 5.69 Å². The highest BCUT2D eigenvalue weighted by molar-refractivity contribution is 7.99. The number of carbonyl (C=O) groups is 2. The van der Waals surface area contributed by atoms with Crippen LogP contribution in [0.1, 0.15) is 12.8 Å². The van der Waals surface area contributed by atoms with Crippen molar-refractivity contribution in [1.29, 1.82) is 0 Å². The van der Waals surface area contributed by atoms with E-state index in [1.54, 1.807) is 33.7 Å². The van der Waals surface area contributed by atoms with Gasteiger partial charge in [0, 0.05) is 74.0 Å². The second-order valence-corrected chi connectivity index (χ2v) is 8.64. The van der Waals surface area contributed by atoms with E-state index in [4.69, 9.17) is 0 Å². The molecular formula is C22H24N4O4S. The van der Waals surface area contributed by atoms with Gasteiger partial charge in [-0.1, -0.05) is 18.2 Å². The van der Waals surface area contributed by atoms with Crippen LogP contribution in [0.15, 0.2) is 53.4 Å². The molecule has 2 aliphatic heterocycles. The number of anilines is 2. The number of non-ortho nitro benzene ring substituents is 1. The zero-order valence-electron chi connectivity index (χ0n) is 17.1. The van der Waals surface area contributed by atoms with Gasteiger partial charge >= 0.3 is 0 Å². The Labute approximate surface area is 185 Å². The zero-order valence-corrected chi connectivity index (χ0v) is 17.9. The molecule has 162 valence electrons. The molecule has 0 unspecified atom stereocenters. The minimum absolute atomic E-state index is 0.0173. The van der Waals surface area contributed by atoms with Gasteiger partial charge < -0.3 is 14.7 Å². The number of hydrogen-bond donors (Lipinski definition) is 0. The molecule has 0 bridgehead atoms. The van der Waals surface area contributed by atoms with Crippen molar-refractivity contribution in [3.63, 3.8) is 0 Å². The van der Waals surface area contributed by atoms with Crippen LogP contribution in [0.25, 0.3) is 0 Å². The number of nitrogens with zero attached hydrogens (tertiary/aromatic N) is 4. The number of thioether (sulfide) groups is 1. The number of hydrogen-bond acceptors (Lipinski definition) is 6. The molecule has 0 aromatic heterocycles. The number of nitro groups is 1. The normalized spacial score (nSPS) is 16.1. The first-order chi connectivity index (χ1) is 15.0. The van der Waals surface area contributed by atoms with E-state index in [1.807, 2.05) is 35.2 Å². The molecule has 31 heavy (non-hydrogen) atoms. The third kappa shape index (κ3) is 4.82. The van der Waals surface area contributed by atoms with E-state index in [0.717, 1.165) is 22.0 Å². The second-order valence-electron chi connectivity index (χ2n) is 7.51. The molecule has 0 aliphatic carbocycles. The Balaban J connectivity index is 1.28. The van der Waals surface area contributed by atoms with E-state index in [2.05, 4.69) is 0 Å². The first-order valence-corrected chi connectivity index (χ1v) is 11.3. The fraction of sp³-hybridized carbons (Fsp3) is 0.364. The van der Waals surface area contributed by atoms with Crippen LogP contribution in [-0.4, -0.2) is 60.1 Å². The van der Waals surface area contributed by atoms with Gasteiger partial charge in [0.05, 0.1) is 10.6 Å². The predicted molar refractivity (Wildman–Crippen MR) is 121 cm³/mol. The Morgan fingerprint density at radius 2 is 1.68 bits per heavy atom. The van der Waals surface area contributed by atoms with Crippen molar-refractivity contribution < 1.29 is 14.5 Å². The Kier molecular flexibility index (Phi) is 6.41. The summed E-state index contributed by atoms with van der Waals surface area (Å²) in [5, 5.41) is 11.0. The molecular weight excluding hydrogens is 416 g/mol. The highest BCUT2D eigenvalue weighted by Gasteiger charge is 2.26. The predicted octanol–water partition coefficient (Wildman–Crippen LogP) is 3.16. The number of benzene rings is 2. The number of para-hydroxylation sites is 1. The molecule has 0 spiro atoms. The molecule has 0 N–H and O–H groups in total. The smallest absolute Gasteiger partial charge is 0.271 e. The van der Waals surface area contributed by atoms with Crippen molar-refractivity contribution in [2.75, 3.05) is 48.3 Å². The number of piperazine rings is 1. The van der Waals surface area contributed by atoms with Crippen LogP contribution in [0.3, 0.4) is 0 Å². The van der Waals surface area contributed by atoms with Crippen LogP contribution in [0.2, 0.25) is 0 Å². The lowest BCUT2D eigenvalue weighted by Gasteiger charge is -2.36. The second kappa shape index (κ2) is 9.38. The van der Waals surface area contributed by atoms with Crippen molar-refractivity contribution in [1.82, 2.24) is 4.90 Å². The van der Waals surface area contributed by atoms with Gasteiger partial charge in [-0.05, 0) is 18.2 Å². The van der Waals surface area contributed by atoms with Crippen molar-refractivity contribution in [3.8, 4) is 0 Å². The number of amides is 2. The quantitative estimate of drug-likeness (QED) is 0.524. The standard InChI is InChI=1S/C22H24N4O4S/c27-21(8-9-22(28)25-14-15-31-20-7-2-1-6-19(20)25)24-12-10-23(11-13-24)17-4-3-5-18(16-17)26(29)30/h1-7,16H,8-15H2. The number of nitro benzene ring substituents is 1. The average Bonchev–Trinajstić information content (AvgIpc) is 2.82. The maximum absolute atomic E-state index is 12.8. The number of carbonyl (C=O) groups excluding carboxylic acids is 2. The summed E-state index contributed by atoms with van der Waals surface area (Å²) < 4.78 is 0. The summed E-state index contributed by atoms with van der Waals surface area (Å²) in [6.07, 6.45) is 0.393. The molecule has 2 amide bonds. The first-order valence-electron chi connectivity index (χ1n) is 10.3. The van der Waals surface area contributed by atoms with Gasteiger partial charge in [0.15, 0.2) is 0 Å². The topological polar surface area (TPSA) is 87.0 Å². The lowest BCUT2D eigenvalue weighted by atomic mass is 10.2. The van der Waals surface area contributed by atoms with Crippen LogP contribution in [0.5, 0.6) is 0 Å². The lowest BCUT2D eigenvalue weighted by Crippen LogP contribution is -2.49. The highest BCUT2D eigenvalue weighted by atomic mass is 32.2. The minimum Gasteiger partial charge on any atom is -0.368 e. The van der Waals surface area contributed by atoms with E-state index in [9.17, 15) is 19.7 Å². The maximum Gasteiger partial charge on any atom is 0.271 e. The van der Waals surface area contributed by atoms with Crippen LogP contribution in [0.4, 0.5) is 17.1 Å². The van der Waals surface area contributed by atoms with Crippen molar-refractivity contribution in [3.05, 3.63) is 58.6 Å². The number of fused-ring (bicyclic) bond motifs is 1. The maximum atomic E-state index is 12.8. The summed E-state index contributed by atoms with van der Waals surface area (Å²) in [5.41, 5.74) is 1.78. The molecule has 0 radical (unpaired) electrons. The summed E-state index contributed by atoms with van der Waals surface area (Å²) in [7, 11) is 0. The largest absolute Gasteiger partial charge is 0.368 e. The molecule has 1 saturated heterocycles. The molecule has 2 aromatic carbocycles. The first kappa shape index (κ1) is 21.2. The van der Waals surface area contributed by atoms with Crippen molar-refractivity contribution in [2.45, 2.75) is 17.7 Å². The van der Waals surface area contributed by atoms with Gasteiger partial charge in [-0.3, -0.25) is 19.7 Å².